The Hall–Kier alpha value is -1.88. The first kappa shape index (κ1) is 16.5. The van der Waals surface area contributed by atoms with Crippen LogP contribution in [0.2, 0.25) is 0 Å². The molecule has 0 spiro atoms. The molecule has 2 heterocycles. The molecule has 0 aliphatic rings. The number of amides is 1. The third-order valence-corrected chi connectivity index (χ3v) is 4.54. The lowest BCUT2D eigenvalue weighted by Gasteiger charge is -2.24. The van der Waals surface area contributed by atoms with Gasteiger partial charge in [0.25, 0.3) is 0 Å². The lowest BCUT2D eigenvalue weighted by Crippen LogP contribution is -2.37. The number of carbonyl (C=O) groups excluding carboxylic acids is 1. The van der Waals surface area contributed by atoms with Crippen LogP contribution in [0.3, 0.4) is 0 Å². The van der Waals surface area contributed by atoms with Crippen molar-refractivity contribution in [3.05, 3.63) is 54.1 Å². The van der Waals surface area contributed by atoms with E-state index in [1.807, 2.05) is 31.4 Å². The molecule has 0 saturated carbocycles. The molecule has 0 unspecified atom stereocenters. The van der Waals surface area contributed by atoms with Crippen molar-refractivity contribution >= 4 is 17.7 Å². The monoisotopic (exact) mass is 315 g/mol. The second-order valence-corrected chi connectivity index (χ2v) is 6.40. The molecule has 0 aromatic carbocycles. The molecule has 0 bridgehead atoms. The lowest BCUT2D eigenvalue weighted by atomic mass is 10.1. The molecule has 0 aliphatic heterocycles. The van der Waals surface area contributed by atoms with E-state index < -0.39 is 0 Å². The molecule has 116 valence electrons. The van der Waals surface area contributed by atoms with E-state index in [1.54, 1.807) is 17.3 Å². The van der Waals surface area contributed by atoms with Crippen LogP contribution in [0.5, 0.6) is 0 Å². The van der Waals surface area contributed by atoms with Crippen LogP contribution in [-0.2, 0) is 11.2 Å². The Morgan fingerprint density at radius 1 is 1.27 bits per heavy atom. The van der Waals surface area contributed by atoms with Crippen molar-refractivity contribution < 1.29 is 4.79 Å². The fraction of sp³-hybridized carbons (Fsp3) is 0.353. The van der Waals surface area contributed by atoms with Crippen LogP contribution in [0.1, 0.15) is 18.2 Å². The van der Waals surface area contributed by atoms with Gasteiger partial charge in [0, 0.05) is 48.7 Å². The maximum atomic E-state index is 12.3. The molecule has 2 aromatic heterocycles. The number of rotatable bonds is 6. The molecule has 22 heavy (non-hydrogen) atoms. The van der Waals surface area contributed by atoms with Gasteiger partial charge in [0.1, 0.15) is 0 Å². The summed E-state index contributed by atoms with van der Waals surface area (Å²) in [5.74, 6) is 0.563. The molecule has 0 aliphatic carbocycles. The molecule has 1 atom stereocenters. The Morgan fingerprint density at radius 2 is 2.00 bits per heavy atom. The summed E-state index contributed by atoms with van der Waals surface area (Å²) in [6, 6.07) is 8.00. The molecule has 0 N–H and O–H groups in total. The summed E-state index contributed by atoms with van der Waals surface area (Å²) in [7, 11) is 1.86. The van der Waals surface area contributed by atoms with Gasteiger partial charge in [0.05, 0.1) is 5.75 Å². The highest BCUT2D eigenvalue weighted by molar-refractivity contribution is 8.00. The van der Waals surface area contributed by atoms with Gasteiger partial charge >= 0.3 is 0 Å². The smallest absolute Gasteiger partial charge is 0.232 e. The predicted octanol–water partition coefficient (Wildman–Crippen LogP) is 2.97. The molecule has 0 radical (unpaired) electrons. The van der Waals surface area contributed by atoms with Crippen molar-refractivity contribution in [2.24, 2.45) is 0 Å². The van der Waals surface area contributed by atoms with Crippen LogP contribution in [-0.4, -0.2) is 39.6 Å². The van der Waals surface area contributed by atoms with Crippen LogP contribution in [0.25, 0.3) is 0 Å². The minimum absolute atomic E-state index is 0.125. The third kappa shape index (κ3) is 4.84. The largest absolute Gasteiger partial charge is 0.342 e. The number of aromatic nitrogens is 2. The first-order valence-electron chi connectivity index (χ1n) is 7.26. The number of hydrogen-bond acceptors (Lipinski definition) is 4. The summed E-state index contributed by atoms with van der Waals surface area (Å²) in [5.41, 5.74) is 2.22. The van der Waals surface area contributed by atoms with Crippen molar-refractivity contribution in [1.29, 1.82) is 0 Å². The Balaban J connectivity index is 1.86. The van der Waals surface area contributed by atoms with Crippen LogP contribution in [0.4, 0.5) is 0 Å². The molecule has 2 aromatic rings. The summed E-state index contributed by atoms with van der Waals surface area (Å²) in [6.07, 6.45) is 6.06. The van der Waals surface area contributed by atoms with Crippen molar-refractivity contribution in [2.75, 3.05) is 12.8 Å². The molecular weight excluding hydrogens is 294 g/mol. The van der Waals surface area contributed by atoms with Gasteiger partial charge in [0.2, 0.25) is 5.91 Å². The maximum Gasteiger partial charge on any atom is 0.232 e. The van der Waals surface area contributed by atoms with E-state index in [9.17, 15) is 4.79 Å². The van der Waals surface area contributed by atoms with Crippen molar-refractivity contribution in [3.8, 4) is 0 Å². The molecule has 0 saturated heterocycles. The Kier molecular flexibility index (Phi) is 5.95. The second-order valence-electron chi connectivity index (χ2n) is 5.35. The van der Waals surface area contributed by atoms with E-state index in [2.05, 4.69) is 29.9 Å². The summed E-state index contributed by atoms with van der Waals surface area (Å²) in [5, 5.41) is 0. The van der Waals surface area contributed by atoms with Gasteiger partial charge in [-0.05, 0) is 43.7 Å². The van der Waals surface area contributed by atoms with Crippen molar-refractivity contribution in [2.45, 2.75) is 31.2 Å². The summed E-state index contributed by atoms with van der Waals surface area (Å²) in [6.45, 7) is 4.11. The van der Waals surface area contributed by atoms with Crippen LogP contribution in [0, 0.1) is 6.92 Å². The normalized spacial score (nSPS) is 12.0. The minimum Gasteiger partial charge on any atom is -0.342 e. The van der Waals surface area contributed by atoms with E-state index in [0.29, 0.717) is 5.75 Å². The third-order valence-electron chi connectivity index (χ3n) is 3.54. The highest BCUT2D eigenvalue weighted by Gasteiger charge is 2.16. The zero-order valence-corrected chi connectivity index (χ0v) is 14.0. The van der Waals surface area contributed by atoms with E-state index in [-0.39, 0.29) is 11.9 Å². The number of carbonyl (C=O) groups is 1. The van der Waals surface area contributed by atoms with Gasteiger partial charge in [-0.2, -0.15) is 0 Å². The molecule has 4 nitrogen and oxygen atoms in total. The number of aryl methyl sites for hydroxylation is 1. The summed E-state index contributed by atoms with van der Waals surface area (Å²) in [4.78, 5) is 23.5. The maximum absolute atomic E-state index is 12.3. The topological polar surface area (TPSA) is 46.1 Å². The van der Waals surface area contributed by atoms with Gasteiger partial charge in [-0.25, -0.2) is 0 Å². The van der Waals surface area contributed by atoms with Gasteiger partial charge < -0.3 is 4.90 Å². The number of likely N-dealkylation sites (N-methyl/N-ethyl adjacent to an activating group) is 1. The number of hydrogen-bond donors (Lipinski definition) is 0. The van der Waals surface area contributed by atoms with E-state index >= 15 is 0 Å². The highest BCUT2D eigenvalue weighted by Crippen LogP contribution is 2.17. The van der Waals surface area contributed by atoms with E-state index in [1.165, 1.54) is 17.3 Å². The number of nitrogens with zero attached hydrogens (tertiary/aromatic N) is 3. The fourth-order valence-corrected chi connectivity index (χ4v) is 2.89. The van der Waals surface area contributed by atoms with Gasteiger partial charge in [-0.1, -0.05) is 0 Å². The van der Waals surface area contributed by atoms with Gasteiger partial charge in [-0.15, -0.1) is 11.8 Å². The average molecular weight is 315 g/mol. The van der Waals surface area contributed by atoms with Gasteiger partial charge in [0.15, 0.2) is 0 Å². The van der Waals surface area contributed by atoms with Gasteiger partial charge in [-0.3, -0.25) is 14.8 Å². The quantitative estimate of drug-likeness (QED) is 0.769. The highest BCUT2D eigenvalue weighted by atomic mass is 32.2. The SMILES string of the molecule is Cc1ccnc(C[C@H](C)N(C)C(=O)CSc2ccncc2)c1. The predicted molar refractivity (Wildman–Crippen MR) is 89.9 cm³/mol. The molecule has 5 heteroatoms. The average Bonchev–Trinajstić information content (AvgIpc) is 2.53. The molecular formula is C17H21N3OS. The van der Waals surface area contributed by atoms with Crippen LogP contribution < -0.4 is 0 Å². The molecule has 0 fully saturated rings. The fourth-order valence-electron chi connectivity index (χ4n) is 2.08. The molecule has 1 amide bonds. The van der Waals surface area contributed by atoms with E-state index in [0.717, 1.165) is 17.0 Å². The van der Waals surface area contributed by atoms with Crippen LogP contribution in [0.15, 0.2) is 47.8 Å². The summed E-state index contributed by atoms with van der Waals surface area (Å²) >= 11 is 1.54. The Labute approximate surface area is 136 Å². The van der Waals surface area contributed by atoms with Crippen LogP contribution >= 0.6 is 11.8 Å². The summed E-state index contributed by atoms with van der Waals surface area (Å²) < 4.78 is 0. The first-order chi connectivity index (χ1) is 10.6. The zero-order chi connectivity index (χ0) is 15.9. The first-order valence-corrected chi connectivity index (χ1v) is 8.25. The molecule has 2 rings (SSSR count). The zero-order valence-electron chi connectivity index (χ0n) is 13.2. The number of thioether (sulfide) groups is 1. The second kappa shape index (κ2) is 7.94. The standard InChI is InChI=1S/C17H21N3OS/c1-13-4-9-19-15(10-13)11-14(2)20(3)17(21)12-22-16-5-7-18-8-6-16/h4-10,14H,11-12H2,1-3H3/t14-/m0/s1. The lowest BCUT2D eigenvalue weighted by molar-refractivity contribution is -0.128. The van der Waals surface area contributed by atoms with E-state index in [4.69, 9.17) is 0 Å². The van der Waals surface area contributed by atoms with Crippen molar-refractivity contribution in [3.63, 3.8) is 0 Å². The Morgan fingerprint density at radius 3 is 2.68 bits per heavy atom. The Bertz CT molecular complexity index is 618. The number of pyridine rings is 2. The van der Waals surface area contributed by atoms with Crippen molar-refractivity contribution in [1.82, 2.24) is 14.9 Å². The minimum atomic E-state index is 0.125.